The van der Waals surface area contributed by atoms with E-state index in [1.165, 1.54) is 34.9 Å². The van der Waals surface area contributed by atoms with Crippen molar-refractivity contribution >= 4 is 23.4 Å². The lowest BCUT2D eigenvalue weighted by Gasteiger charge is -2.35. The smallest absolute Gasteiger partial charge is 0.274 e. The minimum atomic E-state index is -0.974. The van der Waals surface area contributed by atoms with Gasteiger partial charge in [0.05, 0.1) is 19.3 Å². The summed E-state index contributed by atoms with van der Waals surface area (Å²) in [5.74, 6) is -2.66. The zero-order valence-corrected chi connectivity index (χ0v) is 19.7. The Labute approximate surface area is 200 Å². The van der Waals surface area contributed by atoms with E-state index in [0.717, 1.165) is 0 Å². The van der Waals surface area contributed by atoms with Crippen molar-refractivity contribution in [3.8, 4) is 11.5 Å². The van der Waals surface area contributed by atoms with Crippen LogP contribution in [0.4, 0.5) is 4.39 Å². The van der Waals surface area contributed by atoms with E-state index >= 15 is 0 Å². The molecular formula is C23H25ClFN3O6. The molecule has 1 aromatic heterocycles. The fourth-order valence-corrected chi connectivity index (χ4v) is 4.79. The lowest BCUT2D eigenvalue weighted by atomic mass is 10.0. The molecule has 2 N–H and O–H groups in total. The molecule has 2 heterocycles. The molecule has 1 aliphatic heterocycles. The molecule has 182 valence electrons. The first-order chi connectivity index (χ1) is 16.2. The van der Waals surface area contributed by atoms with E-state index in [-0.39, 0.29) is 40.1 Å². The number of nitrogens with one attached hydrogen (secondary N) is 1. The van der Waals surface area contributed by atoms with Gasteiger partial charge >= 0.3 is 0 Å². The number of pyridine rings is 1. The number of nitrogens with zero attached hydrogens (tertiary/aromatic N) is 2. The van der Waals surface area contributed by atoms with Crippen molar-refractivity contribution in [2.45, 2.75) is 25.4 Å². The Morgan fingerprint density at radius 2 is 2.12 bits per heavy atom. The van der Waals surface area contributed by atoms with E-state index in [4.69, 9.17) is 21.1 Å². The average molecular weight is 494 g/mol. The first kappa shape index (κ1) is 24.0. The number of methoxy groups -OCH3 is 1. The first-order valence-corrected chi connectivity index (χ1v) is 11.1. The summed E-state index contributed by atoms with van der Waals surface area (Å²) < 4.78 is 26.5. The number of carbonyl (C=O) groups is 2. The highest BCUT2D eigenvalue weighted by Gasteiger charge is 2.60. The van der Waals surface area contributed by atoms with Crippen LogP contribution in [0.5, 0.6) is 11.5 Å². The Morgan fingerprint density at radius 3 is 2.79 bits per heavy atom. The van der Waals surface area contributed by atoms with Gasteiger partial charge < -0.3 is 29.4 Å². The average Bonchev–Trinajstić information content (AvgIpc) is 3.51. The molecule has 2 aromatic rings. The topological polar surface area (TPSA) is 110 Å². The molecule has 0 bridgehead atoms. The molecule has 0 unspecified atom stereocenters. The zero-order valence-electron chi connectivity index (χ0n) is 19.0. The number of amides is 2. The SMILES string of the molecule is CCOC[C@@H]1C[C@]12CN(C)C(=O)c1c(O)c(=O)c(C(=O)NCc3ccc(OC)c(Cl)c3F)cn12. The van der Waals surface area contributed by atoms with Crippen LogP contribution in [0, 0.1) is 11.7 Å². The van der Waals surface area contributed by atoms with Gasteiger partial charge in [0.2, 0.25) is 5.43 Å². The summed E-state index contributed by atoms with van der Waals surface area (Å²) >= 11 is 5.92. The van der Waals surface area contributed by atoms with Gasteiger partial charge in [-0.3, -0.25) is 14.4 Å². The molecule has 1 saturated carbocycles. The van der Waals surface area contributed by atoms with Gasteiger partial charge in [-0.2, -0.15) is 0 Å². The maximum Gasteiger partial charge on any atom is 0.274 e. The molecule has 2 aliphatic rings. The Hall–Kier alpha value is -3.11. The van der Waals surface area contributed by atoms with Gasteiger partial charge in [0.25, 0.3) is 11.8 Å². The van der Waals surface area contributed by atoms with E-state index in [2.05, 4.69) is 5.32 Å². The van der Waals surface area contributed by atoms with E-state index in [0.29, 0.717) is 26.2 Å². The van der Waals surface area contributed by atoms with Crippen LogP contribution in [0.3, 0.4) is 0 Å². The van der Waals surface area contributed by atoms with Crippen molar-refractivity contribution in [3.05, 3.63) is 56.2 Å². The third-order valence-corrected chi connectivity index (χ3v) is 6.83. The van der Waals surface area contributed by atoms with Crippen LogP contribution >= 0.6 is 11.6 Å². The van der Waals surface area contributed by atoms with E-state index in [9.17, 15) is 23.9 Å². The van der Waals surface area contributed by atoms with Crippen molar-refractivity contribution in [2.24, 2.45) is 5.92 Å². The molecule has 4 rings (SSSR count). The lowest BCUT2D eigenvalue weighted by molar-refractivity contribution is 0.0650. The number of ether oxygens (including phenoxy) is 2. The van der Waals surface area contributed by atoms with Crippen LogP contribution < -0.4 is 15.5 Å². The van der Waals surface area contributed by atoms with Crippen molar-refractivity contribution in [1.82, 2.24) is 14.8 Å². The number of likely N-dealkylation sites (N-methyl/N-ethyl adjacent to an activating group) is 1. The quantitative estimate of drug-likeness (QED) is 0.611. The van der Waals surface area contributed by atoms with Crippen molar-refractivity contribution in [3.63, 3.8) is 0 Å². The maximum absolute atomic E-state index is 14.5. The number of carbonyl (C=O) groups excluding carboxylic acids is 2. The third kappa shape index (κ3) is 3.80. The highest BCUT2D eigenvalue weighted by Crippen LogP contribution is 2.53. The summed E-state index contributed by atoms with van der Waals surface area (Å²) in [6, 6.07) is 2.87. The lowest BCUT2D eigenvalue weighted by Crippen LogP contribution is -2.48. The minimum absolute atomic E-state index is 0.0510. The van der Waals surface area contributed by atoms with E-state index in [1.54, 1.807) is 7.05 Å². The van der Waals surface area contributed by atoms with Crippen molar-refractivity contribution in [1.29, 1.82) is 0 Å². The third-order valence-electron chi connectivity index (χ3n) is 6.48. The number of rotatable bonds is 7. The summed E-state index contributed by atoms with van der Waals surface area (Å²) in [5.41, 5.74) is -1.96. The number of aromatic hydroxyl groups is 1. The summed E-state index contributed by atoms with van der Waals surface area (Å²) in [6.07, 6.45) is 1.97. The summed E-state index contributed by atoms with van der Waals surface area (Å²) in [7, 11) is 2.95. The van der Waals surface area contributed by atoms with Gasteiger partial charge in [0.15, 0.2) is 17.3 Å². The molecule has 34 heavy (non-hydrogen) atoms. The van der Waals surface area contributed by atoms with Gasteiger partial charge in [0, 0.05) is 44.4 Å². The van der Waals surface area contributed by atoms with Crippen LogP contribution in [0.25, 0.3) is 0 Å². The van der Waals surface area contributed by atoms with Crippen molar-refractivity contribution in [2.75, 3.05) is 33.9 Å². The molecule has 1 spiro atoms. The maximum atomic E-state index is 14.5. The zero-order chi connectivity index (χ0) is 24.8. The second-order valence-corrected chi connectivity index (χ2v) is 8.88. The fraction of sp³-hybridized carbons (Fsp3) is 0.435. The standard InChI is InChI=1S/C23H25ClFN3O6/c1-4-34-10-13-7-23(13)11-27(2)22(32)18-20(30)19(29)14(9-28(18)23)21(31)26-8-12-5-6-15(33-3)16(24)17(12)25/h5-6,9,13,30H,4,7-8,10-11H2,1-3H3,(H,26,31)/t13-,23-/m0/s1. The molecule has 0 saturated heterocycles. The summed E-state index contributed by atoms with van der Waals surface area (Å²) in [4.78, 5) is 39.9. The molecule has 2 amide bonds. The Kier molecular flexibility index (Phi) is 6.30. The molecule has 1 aromatic carbocycles. The summed E-state index contributed by atoms with van der Waals surface area (Å²) in [6.45, 7) is 2.96. The predicted octanol–water partition coefficient (Wildman–Crippen LogP) is 2.12. The number of halogens is 2. The molecule has 2 atom stereocenters. The monoisotopic (exact) mass is 493 g/mol. The molecule has 0 radical (unpaired) electrons. The van der Waals surface area contributed by atoms with Crippen LogP contribution in [0.15, 0.2) is 23.1 Å². The van der Waals surface area contributed by atoms with Gasteiger partial charge in [-0.05, 0) is 19.4 Å². The molecule has 1 fully saturated rings. The number of benzene rings is 1. The molecule has 9 nitrogen and oxygen atoms in total. The molecular weight excluding hydrogens is 469 g/mol. The number of fused-ring (bicyclic) bond motifs is 2. The van der Waals surface area contributed by atoms with Gasteiger partial charge in [-0.1, -0.05) is 17.7 Å². The first-order valence-electron chi connectivity index (χ1n) is 10.8. The van der Waals surface area contributed by atoms with Crippen LogP contribution in [0.2, 0.25) is 5.02 Å². The van der Waals surface area contributed by atoms with E-state index < -0.39 is 34.3 Å². The Bertz CT molecular complexity index is 1230. The van der Waals surface area contributed by atoms with Gasteiger partial charge in [-0.15, -0.1) is 0 Å². The predicted molar refractivity (Wildman–Crippen MR) is 121 cm³/mol. The summed E-state index contributed by atoms with van der Waals surface area (Å²) in [5, 5.41) is 12.9. The fourth-order valence-electron chi connectivity index (χ4n) is 4.53. The van der Waals surface area contributed by atoms with Crippen LogP contribution in [-0.2, 0) is 16.8 Å². The normalized spacial score (nSPS) is 20.9. The number of hydrogen-bond donors (Lipinski definition) is 2. The van der Waals surface area contributed by atoms with Crippen molar-refractivity contribution < 1.29 is 28.6 Å². The number of hydrogen-bond acceptors (Lipinski definition) is 6. The largest absolute Gasteiger partial charge is 0.503 e. The highest BCUT2D eigenvalue weighted by molar-refractivity contribution is 6.32. The number of aromatic nitrogens is 1. The van der Waals surface area contributed by atoms with Crippen LogP contribution in [0.1, 0.15) is 39.8 Å². The van der Waals surface area contributed by atoms with Gasteiger partial charge in [0.1, 0.15) is 16.3 Å². The van der Waals surface area contributed by atoms with Gasteiger partial charge in [-0.25, -0.2) is 4.39 Å². The Morgan fingerprint density at radius 1 is 1.38 bits per heavy atom. The molecule has 11 heteroatoms. The highest BCUT2D eigenvalue weighted by atomic mass is 35.5. The molecule has 1 aliphatic carbocycles. The minimum Gasteiger partial charge on any atom is -0.503 e. The second-order valence-electron chi connectivity index (χ2n) is 8.50. The van der Waals surface area contributed by atoms with Crippen LogP contribution in [-0.4, -0.2) is 60.3 Å². The van der Waals surface area contributed by atoms with E-state index in [1.807, 2.05) is 6.92 Å². The Balaban J connectivity index is 1.66. The second kappa shape index (κ2) is 8.92.